The Bertz CT molecular complexity index is 1190. The van der Waals surface area contributed by atoms with Crippen molar-refractivity contribution < 1.29 is 22.3 Å². The van der Waals surface area contributed by atoms with E-state index in [2.05, 4.69) is 14.9 Å². The molecule has 8 nitrogen and oxygen atoms in total. The van der Waals surface area contributed by atoms with Gasteiger partial charge in [-0.2, -0.15) is 5.10 Å². The fourth-order valence-corrected chi connectivity index (χ4v) is 4.36. The number of aromatic amines is 1. The zero-order valence-electron chi connectivity index (χ0n) is 19.4. The van der Waals surface area contributed by atoms with Crippen LogP contribution in [0, 0.1) is 5.82 Å². The van der Waals surface area contributed by atoms with Gasteiger partial charge in [-0.25, -0.2) is 12.8 Å². The van der Waals surface area contributed by atoms with Crippen LogP contribution in [0.25, 0.3) is 11.3 Å². The molecule has 0 bridgehead atoms. The van der Waals surface area contributed by atoms with Gasteiger partial charge in [0.05, 0.1) is 11.8 Å². The average molecular weight is 489 g/mol. The maximum Gasteiger partial charge on any atom is 0.241 e. The van der Waals surface area contributed by atoms with E-state index in [-0.39, 0.29) is 11.9 Å². The minimum atomic E-state index is -3.85. The molecule has 1 aromatic heterocycles. The Labute approximate surface area is 199 Å². The number of sulfonamides is 1. The number of H-pyrrole nitrogens is 1. The molecule has 3 aromatic rings. The fourth-order valence-electron chi connectivity index (χ4n) is 3.25. The lowest BCUT2D eigenvalue weighted by atomic mass is 10.1. The molecule has 2 aromatic carbocycles. The van der Waals surface area contributed by atoms with E-state index in [1.807, 2.05) is 19.9 Å². The molecule has 0 atom stereocenters. The summed E-state index contributed by atoms with van der Waals surface area (Å²) >= 11 is 0. The quantitative estimate of drug-likeness (QED) is 0.427. The number of aryl methyl sites for hydroxylation is 1. The second kappa shape index (κ2) is 11.1. The summed E-state index contributed by atoms with van der Waals surface area (Å²) in [6.45, 7) is 4.19. The largest absolute Gasteiger partial charge is 0.491 e. The van der Waals surface area contributed by atoms with Crippen LogP contribution < -0.4 is 9.46 Å². The Hall–Kier alpha value is -3.40. The van der Waals surface area contributed by atoms with Crippen LogP contribution in [0.4, 0.5) is 10.1 Å². The van der Waals surface area contributed by atoms with E-state index in [4.69, 9.17) is 4.74 Å². The van der Waals surface area contributed by atoms with Gasteiger partial charge in [0, 0.05) is 30.5 Å². The number of hydrogen-bond donors (Lipinski definition) is 2. The molecule has 34 heavy (non-hydrogen) atoms. The highest BCUT2D eigenvalue weighted by Crippen LogP contribution is 2.19. The summed E-state index contributed by atoms with van der Waals surface area (Å²) in [5, 5.41) is 7.17. The van der Waals surface area contributed by atoms with Crippen molar-refractivity contribution >= 4 is 21.6 Å². The summed E-state index contributed by atoms with van der Waals surface area (Å²) in [6, 6.07) is 14.5. The molecule has 0 aliphatic heterocycles. The number of rotatable bonds is 11. The molecule has 0 fully saturated rings. The number of ether oxygens (including phenoxy) is 1. The van der Waals surface area contributed by atoms with E-state index in [1.165, 1.54) is 17.0 Å². The molecule has 10 heteroatoms. The first-order chi connectivity index (χ1) is 16.1. The highest BCUT2D eigenvalue weighted by atomic mass is 32.2. The Kier molecular flexibility index (Phi) is 8.27. The third-order valence-corrected chi connectivity index (χ3v) is 6.12. The molecule has 1 amide bonds. The smallest absolute Gasteiger partial charge is 0.241 e. The zero-order chi connectivity index (χ0) is 24.7. The van der Waals surface area contributed by atoms with Crippen molar-refractivity contribution in [3.05, 3.63) is 66.1 Å². The van der Waals surface area contributed by atoms with Crippen LogP contribution in [0.1, 0.15) is 26.0 Å². The SMILES string of the molecule is CC(C)Oc1ccc(NS(=O)(=O)CC(=O)N(C)CCCc2cc(-c3ccc(F)cc3)n[nH]2)cc1. The van der Waals surface area contributed by atoms with Crippen molar-refractivity contribution in [2.45, 2.75) is 32.8 Å². The molecule has 0 radical (unpaired) electrons. The lowest BCUT2D eigenvalue weighted by molar-refractivity contribution is -0.127. The molecule has 0 aliphatic carbocycles. The van der Waals surface area contributed by atoms with Crippen molar-refractivity contribution in [2.75, 3.05) is 24.1 Å². The normalized spacial score (nSPS) is 11.4. The van der Waals surface area contributed by atoms with Crippen molar-refractivity contribution in [3.8, 4) is 17.0 Å². The van der Waals surface area contributed by atoms with Gasteiger partial charge in [0.2, 0.25) is 15.9 Å². The number of carbonyl (C=O) groups excluding carboxylic acids is 1. The Morgan fingerprint density at radius 2 is 1.82 bits per heavy atom. The minimum absolute atomic E-state index is 0.0146. The third-order valence-electron chi connectivity index (χ3n) is 4.95. The first-order valence-corrected chi connectivity index (χ1v) is 12.6. The summed E-state index contributed by atoms with van der Waals surface area (Å²) in [5.74, 6) is -0.815. The van der Waals surface area contributed by atoms with Crippen molar-refractivity contribution in [1.82, 2.24) is 15.1 Å². The van der Waals surface area contributed by atoms with Crippen molar-refractivity contribution in [1.29, 1.82) is 0 Å². The van der Waals surface area contributed by atoms with Crippen LogP contribution in [0.5, 0.6) is 5.75 Å². The van der Waals surface area contributed by atoms with Gasteiger partial charge in [0.1, 0.15) is 17.3 Å². The van der Waals surface area contributed by atoms with E-state index in [9.17, 15) is 17.6 Å². The number of halogens is 1. The summed E-state index contributed by atoms with van der Waals surface area (Å²) in [7, 11) is -2.27. The standard InChI is InChI=1S/C24H29FN4O4S/c1-17(2)33-22-12-10-20(11-13-22)28-34(31,32)16-24(30)29(3)14-4-5-21-15-23(27-26-21)18-6-8-19(25)9-7-18/h6-13,15,17,28H,4-5,14,16H2,1-3H3,(H,26,27). The number of benzene rings is 2. The molecule has 2 N–H and O–H groups in total. The second-order valence-corrected chi connectivity index (χ2v) is 9.98. The number of amides is 1. The van der Waals surface area contributed by atoms with Gasteiger partial charge in [0.25, 0.3) is 0 Å². The summed E-state index contributed by atoms with van der Waals surface area (Å²) < 4.78 is 45.8. The lowest BCUT2D eigenvalue weighted by Gasteiger charge is -2.17. The molecule has 182 valence electrons. The van der Waals surface area contributed by atoms with Gasteiger partial charge in [-0.15, -0.1) is 0 Å². The molecule has 1 heterocycles. The fraction of sp³-hybridized carbons (Fsp3) is 0.333. The molecular formula is C24H29FN4O4S. The number of nitrogens with one attached hydrogen (secondary N) is 2. The topological polar surface area (TPSA) is 104 Å². The van der Waals surface area contributed by atoms with Crippen LogP contribution >= 0.6 is 0 Å². The van der Waals surface area contributed by atoms with Gasteiger partial charge in [0.15, 0.2) is 0 Å². The average Bonchev–Trinajstić information content (AvgIpc) is 3.23. The van der Waals surface area contributed by atoms with E-state index in [0.29, 0.717) is 36.5 Å². The summed E-state index contributed by atoms with van der Waals surface area (Å²) in [6.07, 6.45) is 1.26. The number of nitrogens with zero attached hydrogens (tertiary/aromatic N) is 2. The predicted octanol–water partition coefficient (Wildman–Crippen LogP) is 3.84. The number of hydrogen-bond acceptors (Lipinski definition) is 5. The van der Waals surface area contributed by atoms with Gasteiger partial charge >= 0.3 is 0 Å². The molecule has 0 aliphatic rings. The van der Waals surface area contributed by atoms with Crippen molar-refractivity contribution in [2.24, 2.45) is 0 Å². The summed E-state index contributed by atoms with van der Waals surface area (Å²) in [4.78, 5) is 13.8. The van der Waals surface area contributed by atoms with Crippen molar-refractivity contribution in [3.63, 3.8) is 0 Å². The second-order valence-electron chi connectivity index (χ2n) is 8.26. The number of aromatic nitrogens is 2. The highest BCUT2D eigenvalue weighted by Gasteiger charge is 2.20. The van der Waals surface area contributed by atoms with Gasteiger partial charge < -0.3 is 9.64 Å². The highest BCUT2D eigenvalue weighted by molar-refractivity contribution is 7.93. The van der Waals surface area contributed by atoms with Crippen LogP contribution in [0.15, 0.2) is 54.6 Å². The molecule has 0 saturated heterocycles. The molecular weight excluding hydrogens is 459 g/mol. The van der Waals surface area contributed by atoms with Crippen LogP contribution in [-0.2, 0) is 21.2 Å². The Balaban J connectivity index is 1.45. The van der Waals surface area contributed by atoms with E-state index >= 15 is 0 Å². The zero-order valence-corrected chi connectivity index (χ0v) is 20.2. The molecule has 0 spiro atoms. The van der Waals surface area contributed by atoms with Crippen LogP contribution in [0.2, 0.25) is 0 Å². The van der Waals surface area contributed by atoms with Crippen LogP contribution in [0.3, 0.4) is 0 Å². The van der Waals surface area contributed by atoms with Gasteiger partial charge in [-0.05, 0) is 81.3 Å². The summed E-state index contributed by atoms with van der Waals surface area (Å²) in [5.41, 5.74) is 2.75. The monoisotopic (exact) mass is 488 g/mol. The first-order valence-electron chi connectivity index (χ1n) is 10.9. The molecule has 3 rings (SSSR count). The van der Waals surface area contributed by atoms with Gasteiger partial charge in [-0.3, -0.25) is 14.6 Å². The van der Waals surface area contributed by atoms with Gasteiger partial charge in [-0.1, -0.05) is 0 Å². The van der Waals surface area contributed by atoms with E-state index in [0.717, 1.165) is 11.3 Å². The Morgan fingerprint density at radius 1 is 1.15 bits per heavy atom. The third kappa shape index (κ3) is 7.58. The molecule has 0 saturated carbocycles. The first kappa shape index (κ1) is 25.2. The number of carbonyl (C=O) groups is 1. The molecule has 0 unspecified atom stereocenters. The van der Waals surface area contributed by atoms with Crippen LogP contribution in [-0.4, -0.2) is 54.9 Å². The van der Waals surface area contributed by atoms with E-state index < -0.39 is 21.7 Å². The van der Waals surface area contributed by atoms with E-state index in [1.54, 1.807) is 43.4 Å². The minimum Gasteiger partial charge on any atom is -0.491 e. The lowest BCUT2D eigenvalue weighted by Crippen LogP contribution is -2.35. The Morgan fingerprint density at radius 3 is 2.47 bits per heavy atom. The maximum absolute atomic E-state index is 13.1. The number of anilines is 1. The maximum atomic E-state index is 13.1. The predicted molar refractivity (Wildman–Crippen MR) is 130 cm³/mol.